The topological polar surface area (TPSA) is 69.6 Å². The highest BCUT2D eigenvalue weighted by Crippen LogP contribution is 2.30. The van der Waals surface area contributed by atoms with Crippen LogP contribution in [0.4, 0.5) is 0 Å². The Morgan fingerprint density at radius 1 is 0.962 bits per heavy atom. The molecule has 1 aliphatic carbocycles. The normalized spacial score (nSPS) is 16.2. The van der Waals surface area contributed by atoms with Crippen LogP contribution in [0.25, 0.3) is 10.8 Å². The summed E-state index contributed by atoms with van der Waals surface area (Å²) < 4.78 is 0. The zero-order valence-corrected chi connectivity index (χ0v) is 14.4. The van der Waals surface area contributed by atoms with E-state index in [1.807, 2.05) is 66.7 Å². The van der Waals surface area contributed by atoms with Crippen molar-refractivity contribution in [3.8, 4) is 0 Å². The van der Waals surface area contributed by atoms with Gasteiger partial charge in [0.2, 0.25) is 0 Å². The third kappa shape index (κ3) is 3.09. The molecule has 3 aromatic rings. The van der Waals surface area contributed by atoms with Crippen LogP contribution in [0.3, 0.4) is 0 Å². The van der Waals surface area contributed by atoms with Crippen LogP contribution in [0.2, 0.25) is 0 Å². The fourth-order valence-corrected chi connectivity index (χ4v) is 3.64. The van der Waals surface area contributed by atoms with Crippen LogP contribution in [-0.2, 0) is 17.6 Å². The highest BCUT2D eigenvalue weighted by Gasteiger charge is 2.41. The Hall–Kier alpha value is -2.69. The quantitative estimate of drug-likeness (QED) is 0.679. The van der Waals surface area contributed by atoms with E-state index in [2.05, 4.69) is 5.32 Å². The minimum absolute atomic E-state index is 0.0653. The Labute approximate surface area is 152 Å². The Kier molecular flexibility index (Phi) is 4.23. The molecule has 1 aliphatic rings. The molecule has 3 N–H and O–H groups in total. The van der Waals surface area contributed by atoms with Crippen molar-refractivity contribution in [3.63, 3.8) is 0 Å². The Morgan fingerprint density at radius 3 is 2.27 bits per heavy atom. The molecule has 4 nitrogen and oxygen atoms in total. The van der Waals surface area contributed by atoms with Crippen molar-refractivity contribution in [3.05, 3.63) is 83.4 Å². The Balaban J connectivity index is 1.42. The van der Waals surface area contributed by atoms with Gasteiger partial charge in [-0.25, -0.2) is 0 Å². The Morgan fingerprint density at radius 2 is 1.58 bits per heavy atom. The molecule has 3 aromatic carbocycles. The molecule has 0 spiro atoms. The smallest absolute Gasteiger partial charge is 0.252 e. The third-order valence-electron chi connectivity index (χ3n) is 5.12. The van der Waals surface area contributed by atoms with Gasteiger partial charge in [-0.2, -0.15) is 0 Å². The second kappa shape index (κ2) is 6.56. The minimum atomic E-state index is -1.44. The molecule has 0 heterocycles. The van der Waals surface area contributed by atoms with Gasteiger partial charge in [-0.1, -0.05) is 60.7 Å². The highest BCUT2D eigenvalue weighted by molar-refractivity contribution is 5.87. The molecule has 0 radical (unpaired) electrons. The second-order valence-electron chi connectivity index (χ2n) is 6.99. The van der Waals surface area contributed by atoms with Crippen LogP contribution >= 0.6 is 0 Å². The first-order valence-electron chi connectivity index (χ1n) is 8.79. The molecule has 1 atom stereocenters. The fraction of sp³-hybridized carbons (Fsp3) is 0.227. The zero-order valence-electron chi connectivity index (χ0n) is 14.4. The lowest BCUT2D eigenvalue weighted by Gasteiger charge is -2.22. The molecule has 0 bridgehead atoms. The zero-order chi connectivity index (χ0) is 18.1. The summed E-state index contributed by atoms with van der Waals surface area (Å²) in [7, 11) is 0. The van der Waals surface area contributed by atoms with Gasteiger partial charge in [-0.15, -0.1) is 0 Å². The van der Waals surface area contributed by atoms with Crippen molar-refractivity contribution in [2.45, 2.75) is 24.5 Å². The van der Waals surface area contributed by atoms with E-state index >= 15 is 0 Å². The van der Waals surface area contributed by atoms with Crippen molar-refractivity contribution in [2.75, 3.05) is 6.54 Å². The number of benzene rings is 3. The number of rotatable bonds is 4. The van der Waals surface area contributed by atoms with Crippen LogP contribution in [0, 0.1) is 0 Å². The number of aliphatic hydroxyl groups excluding tert-OH is 1. The van der Waals surface area contributed by atoms with Gasteiger partial charge in [0.05, 0.1) is 6.10 Å². The molecule has 0 saturated carbocycles. The molecule has 0 fully saturated rings. The van der Waals surface area contributed by atoms with Gasteiger partial charge in [-0.05, 0) is 33.5 Å². The first-order chi connectivity index (χ1) is 12.5. The minimum Gasteiger partial charge on any atom is -0.387 e. The van der Waals surface area contributed by atoms with Crippen molar-refractivity contribution in [1.29, 1.82) is 0 Å². The maximum atomic E-state index is 12.5. The predicted octanol–water partition coefficient (Wildman–Crippen LogP) is 2.52. The summed E-state index contributed by atoms with van der Waals surface area (Å²) in [6, 6.07) is 21.4. The lowest BCUT2D eigenvalue weighted by molar-refractivity contribution is -0.139. The van der Waals surface area contributed by atoms with Crippen LogP contribution in [0.15, 0.2) is 66.7 Å². The summed E-state index contributed by atoms with van der Waals surface area (Å²) >= 11 is 0. The molecular formula is C22H21NO3. The van der Waals surface area contributed by atoms with E-state index in [0.717, 1.165) is 27.5 Å². The number of hydrogen-bond acceptors (Lipinski definition) is 3. The molecule has 4 heteroatoms. The van der Waals surface area contributed by atoms with E-state index in [1.165, 1.54) is 0 Å². The molecule has 0 aromatic heterocycles. The SMILES string of the molecule is O=C(NC[C@H](O)c1ccc2ccccc2c1)C1(O)Cc2ccccc2C1. The summed E-state index contributed by atoms with van der Waals surface area (Å²) in [5, 5.41) is 26.0. The van der Waals surface area contributed by atoms with E-state index in [1.54, 1.807) is 0 Å². The predicted molar refractivity (Wildman–Crippen MR) is 101 cm³/mol. The van der Waals surface area contributed by atoms with Gasteiger partial charge in [0.15, 0.2) is 5.60 Å². The van der Waals surface area contributed by atoms with E-state index in [0.29, 0.717) is 12.8 Å². The first-order valence-corrected chi connectivity index (χ1v) is 8.79. The van der Waals surface area contributed by atoms with E-state index < -0.39 is 17.6 Å². The standard InChI is InChI=1S/C22H21NO3/c24-20(17-10-9-15-5-1-2-6-16(15)11-17)14-23-21(25)22(26)12-18-7-3-4-8-19(18)13-22/h1-11,20,24,26H,12-14H2,(H,23,25)/t20-/m0/s1. The number of aliphatic hydroxyl groups is 2. The van der Waals surface area contributed by atoms with Crippen LogP contribution < -0.4 is 5.32 Å². The monoisotopic (exact) mass is 347 g/mol. The van der Waals surface area contributed by atoms with Gasteiger partial charge in [-0.3, -0.25) is 4.79 Å². The molecule has 4 rings (SSSR count). The van der Waals surface area contributed by atoms with Crippen molar-refractivity contribution >= 4 is 16.7 Å². The van der Waals surface area contributed by atoms with Crippen molar-refractivity contribution < 1.29 is 15.0 Å². The molecule has 1 amide bonds. The van der Waals surface area contributed by atoms with Crippen LogP contribution in [0.5, 0.6) is 0 Å². The number of carbonyl (C=O) groups is 1. The summed E-state index contributed by atoms with van der Waals surface area (Å²) in [5.41, 5.74) is 1.30. The van der Waals surface area contributed by atoms with Crippen LogP contribution in [0.1, 0.15) is 22.8 Å². The van der Waals surface area contributed by atoms with Crippen molar-refractivity contribution in [1.82, 2.24) is 5.32 Å². The molecular weight excluding hydrogens is 326 g/mol. The summed E-state index contributed by atoms with van der Waals surface area (Å²) in [6.07, 6.45) is -0.210. The number of carbonyl (C=O) groups excluding carboxylic acids is 1. The maximum absolute atomic E-state index is 12.5. The summed E-state index contributed by atoms with van der Waals surface area (Å²) in [5.74, 6) is -0.437. The average molecular weight is 347 g/mol. The Bertz CT molecular complexity index is 941. The van der Waals surface area contributed by atoms with E-state index in [4.69, 9.17) is 0 Å². The number of nitrogens with one attached hydrogen (secondary N) is 1. The van der Waals surface area contributed by atoms with E-state index in [-0.39, 0.29) is 6.54 Å². The fourth-order valence-electron chi connectivity index (χ4n) is 3.64. The second-order valence-corrected chi connectivity index (χ2v) is 6.99. The van der Waals surface area contributed by atoms with E-state index in [9.17, 15) is 15.0 Å². The largest absolute Gasteiger partial charge is 0.387 e. The molecule has 26 heavy (non-hydrogen) atoms. The van der Waals surface area contributed by atoms with Gasteiger partial charge >= 0.3 is 0 Å². The van der Waals surface area contributed by atoms with Crippen molar-refractivity contribution in [2.24, 2.45) is 0 Å². The average Bonchev–Trinajstić information content (AvgIpc) is 3.02. The molecule has 0 aliphatic heterocycles. The number of hydrogen-bond donors (Lipinski definition) is 3. The summed E-state index contributed by atoms with van der Waals surface area (Å²) in [6.45, 7) is 0.0653. The number of fused-ring (bicyclic) bond motifs is 2. The van der Waals surface area contributed by atoms with Gasteiger partial charge < -0.3 is 15.5 Å². The van der Waals surface area contributed by atoms with Gasteiger partial charge in [0.25, 0.3) is 5.91 Å². The van der Waals surface area contributed by atoms with Gasteiger partial charge in [0, 0.05) is 19.4 Å². The number of amides is 1. The first kappa shape index (κ1) is 16.8. The highest BCUT2D eigenvalue weighted by atomic mass is 16.3. The maximum Gasteiger partial charge on any atom is 0.252 e. The van der Waals surface area contributed by atoms with Crippen LogP contribution in [-0.4, -0.2) is 28.3 Å². The molecule has 0 unspecified atom stereocenters. The lowest BCUT2D eigenvalue weighted by Crippen LogP contribution is -2.48. The van der Waals surface area contributed by atoms with Gasteiger partial charge in [0.1, 0.15) is 0 Å². The third-order valence-corrected chi connectivity index (χ3v) is 5.12. The molecule has 132 valence electrons. The lowest BCUT2D eigenvalue weighted by atomic mass is 9.99. The summed E-state index contributed by atoms with van der Waals surface area (Å²) in [4.78, 5) is 12.5. The molecule has 0 saturated heterocycles.